The predicted octanol–water partition coefficient (Wildman–Crippen LogP) is 2.11. The first-order valence-corrected chi connectivity index (χ1v) is 6.23. The van der Waals surface area contributed by atoms with Gasteiger partial charge in [0, 0.05) is 17.5 Å². The first-order chi connectivity index (χ1) is 6.93. The lowest BCUT2D eigenvalue weighted by Gasteiger charge is -2.23. The Hall–Kier alpha value is -0.380. The van der Waals surface area contributed by atoms with Gasteiger partial charge < -0.3 is 10.1 Å². The summed E-state index contributed by atoms with van der Waals surface area (Å²) in [6, 6.07) is 3.02. The van der Waals surface area contributed by atoms with Crippen LogP contribution in [0.2, 0.25) is 0 Å². The van der Waals surface area contributed by atoms with Crippen LogP contribution in [-0.4, -0.2) is 19.2 Å². The number of thiophene rings is 1. The molecule has 1 aliphatic heterocycles. The predicted molar refractivity (Wildman–Crippen MR) is 57.7 cm³/mol. The lowest BCUT2D eigenvalue weighted by Crippen LogP contribution is -2.27. The van der Waals surface area contributed by atoms with Crippen molar-refractivity contribution < 1.29 is 4.74 Å². The summed E-state index contributed by atoms with van der Waals surface area (Å²) >= 11 is 1.84. The monoisotopic (exact) mass is 209 g/mol. The molecule has 76 valence electrons. The van der Waals surface area contributed by atoms with Gasteiger partial charge in [-0.1, -0.05) is 0 Å². The van der Waals surface area contributed by atoms with Crippen LogP contribution in [-0.2, 0) is 11.2 Å². The number of hydrogen-bond acceptors (Lipinski definition) is 3. The summed E-state index contributed by atoms with van der Waals surface area (Å²) in [5.74, 6) is 0. The van der Waals surface area contributed by atoms with Crippen molar-refractivity contribution in [2.75, 3.05) is 13.2 Å². The summed E-state index contributed by atoms with van der Waals surface area (Å²) in [6.07, 6.45) is 4.12. The zero-order valence-electron chi connectivity index (χ0n) is 8.16. The molecule has 1 atom stereocenters. The molecule has 0 aromatic carbocycles. The van der Waals surface area contributed by atoms with Crippen LogP contribution in [0.4, 0.5) is 0 Å². The SMILES string of the molecule is c1cc2c(s1)C(CNC1CC1)OCC2. The van der Waals surface area contributed by atoms with Gasteiger partial charge in [0.05, 0.1) is 6.61 Å². The highest BCUT2D eigenvalue weighted by Crippen LogP contribution is 2.32. The molecule has 0 radical (unpaired) electrons. The smallest absolute Gasteiger partial charge is 0.104 e. The van der Waals surface area contributed by atoms with E-state index in [1.807, 2.05) is 11.3 Å². The number of hydrogen-bond donors (Lipinski definition) is 1. The second-order valence-electron chi connectivity index (χ2n) is 4.10. The van der Waals surface area contributed by atoms with Crippen molar-refractivity contribution in [3.63, 3.8) is 0 Å². The minimum Gasteiger partial charge on any atom is -0.371 e. The lowest BCUT2D eigenvalue weighted by molar-refractivity contribution is 0.0453. The van der Waals surface area contributed by atoms with E-state index in [-0.39, 0.29) is 0 Å². The second kappa shape index (κ2) is 3.65. The Kier molecular flexibility index (Phi) is 2.32. The van der Waals surface area contributed by atoms with Crippen LogP contribution in [0, 0.1) is 0 Å². The fourth-order valence-corrected chi connectivity index (χ4v) is 2.94. The minimum atomic E-state index is 0.319. The third-order valence-corrected chi connectivity index (χ3v) is 3.98. The topological polar surface area (TPSA) is 21.3 Å². The van der Waals surface area contributed by atoms with Crippen LogP contribution in [0.15, 0.2) is 11.4 Å². The third-order valence-electron chi connectivity index (χ3n) is 2.93. The van der Waals surface area contributed by atoms with E-state index in [4.69, 9.17) is 4.74 Å². The zero-order chi connectivity index (χ0) is 9.38. The summed E-state index contributed by atoms with van der Waals surface area (Å²) < 4.78 is 5.79. The number of nitrogens with one attached hydrogen (secondary N) is 1. The molecule has 1 fully saturated rings. The third kappa shape index (κ3) is 1.72. The summed E-state index contributed by atoms with van der Waals surface area (Å²) in [6.45, 7) is 1.89. The van der Waals surface area contributed by atoms with Gasteiger partial charge in [0.15, 0.2) is 0 Å². The summed E-state index contributed by atoms with van der Waals surface area (Å²) in [5.41, 5.74) is 1.50. The molecule has 1 aromatic heterocycles. The molecule has 0 amide bonds. The molecule has 2 nitrogen and oxygen atoms in total. The molecule has 1 aliphatic carbocycles. The van der Waals surface area contributed by atoms with Crippen LogP contribution < -0.4 is 5.32 Å². The van der Waals surface area contributed by atoms with Crippen LogP contribution in [0.3, 0.4) is 0 Å². The molecular weight excluding hydrogens is 194 g/mol. The quantitative estimate of drug-likeness (QED) is 0.823. The highest BCUT2D eigenvalue weighted by atomic mass is 32.1. The molecule has 2 heterocycles. The standard InChI is InChI=1S/C11H15NOS/c1-2-9(1)12-7-10-11-8(3-5-13-10)4-6-14-11/h4,6,9-10,12H,1-3,5,7H2. The van der Waals surface area contributed by atoms with Gasteiger partial charge in [0.1, 0.15) is 6.10 Å². The van der Waals surface area contributed by atoms with E-state index < -0.39 is 0 Å². The van der Waals surface area contributed by atoms with Crippen molar-refractivity contribution in [3.8, 4) is 0 Å². The van der Waals surface area contributed by atoms with Crippen LogP contribution >= 0.6 is 11.3 Å². The molecule has 1 unspecified atom stereocenters. The molecular formula is C11H15NOS. The fraction of sp³-hybridized carbons (Fsp3) is 0.636. The van der Waals surface area contributed by atoms with Crippen LogP contribution in [0.25, 0.3) is 0 Å². The van der Waals surface area contributed by atoms with Crippen molar-refractivity contribution >= 4 is 11.3 Å². The summed E-state index contributed by atoms with van der Waals surface area (Å²) in [4.78, 5) is 1.45. The summed E-state index contributed by atoms with van der Waals surface area (Å²) in [5, 5.41) is 5.72. The van der Waals surface area contributed by atoms with Crippen LogP contribution in [0.5, 0.6) is 0 Å². The maximum absolute atomic E-state index is 5.79. The first kappa shape index (κ1) is 8.89. The van der Waals surface area contributed by atoms with Crippen molar-refractivity contribution in [1.82, 2.24) is 5.32 Å². The number of rotatable bonds is 3. The summed E-state index contributed by atoms with van der Waals surface area (Å²) in [7, 11) is 0. The fourth-order valence-electron chi connectivity index (χ4n) is 1.94. The average Bonchev–Trinajstić information content (AvgIpc) is 2.91. The van der Waals surface area contributed by atoms with E-state index in [0.717, 1.165) is 25.6 Å². The lowest BCUT2D eigenvalue weighted by atomic mass is 10.1. The van der Waals surface area contributed by atoms with Crippen LogP contribution in [0.1, 0.15) is 29.4 Å². The Bertz CT molecular complexity index is 319. The molecule has 3 rings (SSSR count). The molecule has 3 heteroatoms. The molecule has 1 saturated carbocycles. The maximum Gasteiger partial charge on any atom is 0.104 e. The van der Waals surface area contributed by atoms with Crippen molar-refractivity contribution in [2.24, 2.45) is 0 Å². The van der Waals surface area contributed by atoms with Gasteiger partial charge in [-0.2, -0.15) is 0 Å². The molecule has 1 aromatic rings. The Balaban J connectivity index is 1.68. The van der Waals surface area contributed by atoms with Crippen molar-refractivity contribution in [3.05, 3.63) is 21.9 Å². The Morgan fingerprint density at radius 3 is 3.29 bits per heavy atom. The van der Waals surface area contributed by atoms with Crippen molar-refractivity contribution in [1.29, 1.82) is 0 Å². The molecule has 1 N–H and O–H groups in total. The molecule has 0 spiro atoms. The van der Waals surface area contributed by atoms with Gasteiger partial charge in [-0.05, 0) is 36.3 Å². The van der Waals surface area contributed by atoms with Gasteiger partial charge in [-0.15, -0.1) is 11.3 Å². The Labute approximate surface area is 88.3 Å². The molecule has 14 heavy (non-hydrogen) atoms. The average molecular weight is 209 g/mol. The Morgan fingerprint density at radius 1 is 1.50 bits per heavy atom. The largest absolute Gasteiger partial charge is 0.371 e. The first-order valence-electron chi connectivity index (χ1n) is 5.35. The Morgan fingerprint density at radius 2 is 2.43 bits per heavy atom. The van der Waals surface area contributed by atoms with E-state index in [2.05, 4.69) is 16.8 Å². The van der Waals surface area contributed by atoms with E-state index in [0.29, 0.717) is 6.10 Å². The zero-order valence-corrected chi connectivity index (χ0v) is 8.98. The highest BCUT2D eigenvalue weighted by molar-refractivity contribution is 7.10. The minimum absolute atomic E-state index is 0.319. The van der Waals surface area contributed by atoms with E-state index >= 15 is 0 Å². The highest BCUT2D eigenvalue weighted by Gasteiger charge is 2.26. The second-order valence-corrected chi connectivity index (χ2v) is 5.05. The number of fused-ring (bicyclic) bond motifs is 1. The van der Waals surface area contributed by atoms with Gasteiger partial charge in [0.25, 0.3) is 0 Å². The van der Waals surface area contributed by atoms with Crippen molar-refractivity contribution in [2.45, 2.75) is 31.4 Å². The number of ether oxygens (including phenoxy) is 1. The van der Waals surface area contributed by atoms with Gasteiger partial charge in [0.2, 0.25) is 0 Å². The molecule has 0 saturated heterocycles. The van der Waals surface area contributed by atoms with Gasteiger partial charge in [-0.3, -0.25) is 0 Å². The molecule has 0 bridgehead atoms. The van der Waals surface area contributed by atoms with E-state index in [1.54, 1.807) is 0 Å². The van der Waals surface area contributed by atoms with Gasteiger partial charge >= 0.3 is 0 Å². The van der Waals surface area contributed by atoms with E-state index in [9.17, 15) is 0 Å². The normalized spacial score (nSPS) is 26.1. The molecule has 2 aliphatic rings. The maximum atomic E-state index is 5.79. The van der Waals surface area contributed by atoms with E-state index in [1.165, 1.54) is 23.3 Å². The van der Waals surface area contributed by atoms with Gasteiger partial charge in [-0.25, -0.2) is 0 Å².